The molecular formula is C12H27N3O2S2. The lowest BCUT2D eigenvalue weighted by atomic mass is 10.4. The predicted molar refractivity (Wildman–Crippen MR) is 82.8 cm³/mol. The van der Waals surface area contributed by atoms with Crippen molar-refractivity contribution in [2.24, 2.45) is 0 Å². The Morgan fingerprint density at radius 1 is 1.32 bits per heavy atom. The van der Waals surface area contributed by atoms with Crippen LogP contribution in [0.1, 0.15) is 32.6 Å². The van der Waals surface area contributed by atoms with Crippen molar-refractivity contribution < 1.29 is 8.42 Å². The monoisotopic (exact) mass is 309 g/mol. The fourth-order valence-electron chi connectivity index (χ4n) is 1.77. The lowest BCUT2D eigenvalue weighted by molar-refractivity contribution is 0.444. The summed E-state index contributed by atoms with van der Waals surface area (Å²) < 4.78 is 28.4. The highest BCUT2D eigenvalue weighted by atomic mass is 32.2. The summed E-state index contributed by atoms with van der Waals surface area (Å²) in [6, 6.07) is 0. The van der Waals surface area contributed by atoms with Crippen LogP contribution in [0.2, 0.25) is 0 Å². The van der Waals surface area contributed by atoms with E-state index in [0.717, 1.165) is 38.8 Å². The molecule has 0 aliphatic heterocycles. The number of nitrogens with zero attached hydrogens (tertiary/aromatic N) is 1. The number of hydrogen-bond donors (Lipinski definition) is 2. The molecule has 0 aromatic carbocycles. The molecule has 1 rings (SSSR count). The number of rotatable bonds is 11. The average molecular weight is 310 g/mol. The molecule has 1 fully saturated rings. The van der Waals surface area contributed by atoms with Gasteiger partial charge in [0.05, 0.1) is 0 Å². The van der Waals surface area contributed by atoms with Gasteiger partial charge in [0.15, 0.2) is 0 Å². The molecule has 114 valence electrons. The fraction of sp³-hybridized carbons (Fsp3) is 1.00. The third kappa shape index (κ3) is 5.99. The zero-order chi connectivity index (χ0) is 14.4. The molecule has 5 nitrogen and oxygen atoms in total. The van der Waals surface area contributed by atoms with E-state index in [4.69, 9.17) is 0 Å². The van der Waals surface area contributed by atoms with Crippen LogP contribution in [0.3, 0.4) is 0 Å². The maximum Gasteiger partial charge on any atom is 0.279 e. The summed E-state index contributed by atoms with van der Waals surface area (Å²) in [5, 5.41) is 3.27. The second-order valence-electron chi connectivity index (χ2n) is 5.14. The van der Waals surface area contributed by atoms with Crippen molar-refractivity contribution in [2.75, 3.05) is 39.5 Å². The van der Waals surface area contributed by atoms with Crippen LogP contribution in [-0.2, 0) is 10.2 Å². The molecule has 1 aliphatic carbocycles. The molecule has 0 atom stereocenters. The van der Waals surface area contributed by atoms with Gasteiger partial charge in [0, 0.05) is 24.9 Å². The summed E-state index contributed by atoms with van der Waals surface area (Å²) in [5.41, 5.74) is 0. The van der Waals surface area contributed by atoms with E-state index in [-0.39, 0.29) is 4.75 Å². The van der Waals surface area contributed by atoms with Gasteiger partial charge >= 0.3 is 0 Å². The fourth-order valence-corrected chi connectivity index (χ4v) is 3.64. The van der Waals surface area contributed by atoms with Crippen LogP contribution < -0.4 is 10.0 Å². The van der Waals surface area contributed by atoms with Crippen LogP contribution in [0.4, 0.5) is 0 Å². The van der Waals surface area contributed by atoms with Gasteiger partial charge in [-0.05, 0) is 45.0 Å². The van der Waals surface area contributed by atoms with E-state index in [1.807, 2.05) is 6.26 Å². The van der Waals surface area contributed by atoms with E-state index in [9.17, 15) is 8.42 Å². The SMILES string of the molecule is CCCNCCCN(C)S(=O)(=O)NCC1(SC)CC1. The van der Waals surface area contributed by atoms with Crippen molar-refractivity contribution in [1.82, 2.24) is 14.3 Å². The third-order valence-electron chi connectivity index (χ3n) is 3.48. The van der Waals surface area contributed by atoms with Gasteiger partial charge in [0.2, 0.25) is 0 Å². The summed E-state index contributed by atoms with van der Waals surface area (Å²) in [7, 11) is -1.67. The van der Waals surface area contributed by atoms with Gasteiger partial charge < -0.3 is 5.32 Å². The molecule has 7 heteroatoms. The van der Waals surface area contributed by atoms with Gasteiger partial charge in [0.25, 0.3) is 10.2 Å². The van der Waals surface area contributed by atoms with Crippen molar-refractivity contribution in [3.63, 3.8) is 0 Å². The van der Waals surface area contributed by atoms with Gasteiger partial charge in [-0.25, -0.2) is 4.72 Å². The summed E-state index contributed by atoms with van der Waals surface area (Å²) in [6.07, 6.45) is 6.21. The predicted octanol–water partition coefficient (Wildman–Crippen LogP) is 1.04. The molecule has 2 N–H and O–H groups in total. The first-order valence-corrected chi connectivity index (χ1v) is 9.59. The molecule has 0 bridgehead atoms. The molecule has 0 aromatic heterocycles. The molecule has 0 heterocycles. The second-order valence-corrected chi connectivity index (χ2v) is 8.27. The topological polar surface area (TPSA) is 61.4 Å². The Hall–Kier alpha value is 0.180. The Morgan fingerprint density at radius 2 is 2.00 bits per heavy atom. The smallest absolute Gasteiger partial charge is 0.279 e. The van der Waals surface area contributed by atoms with Crippen molar-refractivity contribution in [2.45, 2.75) is 37.4 Å². The van der Waals surface area contributed by atoms with Crippen LogP contribution in [0.5, 0.6) is 0 Å². The van der Waals surface area contributed by atoms with E-state index >= 15 is 0 Å². The average Bonchev–Trinajstić information content (AvgIpc) is 3.17. The summed E-state index contributed by atoms with van der Waals surface area (Å²) in [6.45, 7) is 5.08. The maximum absolute atomic E-state index is 12.0. The van der Waals surface area contributed by atoms with E-state index in [1.54, 1.807) is 18.8 Å². The van der Waals surface area contributed by atoms with Crippen molar-refractivity contribution in [3.05, 3.63) is 0 Å². The minimum absolute atomic E-state index is 0.163. The normalized spacial score (nSPS) is 17.9. The molecule has 0 unspecified atom stereocenters. The zero-order valence-electron chi connectivity index (χ0n) is 12.2. The Labute approximate surface area is 122 Å². The first-order chi connectivity index (χ1) is 8.96. The maximum atomic E-state index is 12.0. The van der Waals surface area contributed by atoms with E-state index in [1.165, 1.54) is 4.31 Å². The molecule has 1 aliphatic rings. The minimum Gasteiger partial charge on any atom is -0.317 e. The van der Waals surface area contributed by atoms with Gasteiger partial charge in [-0.1, -0.05) is 6.92 Å². The van der Waals surface area contributed by atoms with Crippen molar-refractivity contribution in [3.8, 4) is 0 Å². The van der Waals surface area contributed by atoms with Gasteiger partial charge in [0.1, 0.15) is 0 Å². The summed E-state index contributed by atoms with van der Waals surface area (Å²) in [5.74, 6) is 0. The molecule has 0 saturated heterocycles. The molecule has 19 heavy (non-hydrogen) atoms. The molecule has 1 saturated carbocycles. The summed E-state index contributed by atoms with van der Waals surface area (Å²) in [4.78, 5) is 0. The lowest BCUT2D eigenvalue weighted by Crippen LogP contribution is -2.42. The second kappa shape index (κ2) is 7.83. The van der Waals surface area contributed by atoms with Gasteiger partial charge in [-0.2, -0.15) is 24.5 Å². The number of nitrogens with one attached hydrogen (secondary N) is 2. The van der Waals surface area contributed by atoms with Gasteiger partial charge in [-0.3, -0.25) is 0 Å². The summed E-state index contributed by atoms with van der Waals surface area (Å²) >= 11 is 1.76. The highest BCUT2D eigenvalue weighted by molar-refractivity contribution is 8.00. The van der Waals surface area contributed by atoms with E-state index < -0.39 is 10.2 Å². The van der Waals surface area contributed by atoms with Crippen LogP contribution in [0, 0.1) is 0 Å². The highest BCUT2D eigenvalue weighted by Crippen LogP contribution is 2.46. The zero-order valence-corrected chi connectivity index (χ0v) is 13.9. The molecule has 0 spiro atoms. The van der Waals surface area contributed by atoms with Crippen LogP contribution in [0.15, 0.2) is 0 Å². The Kier molecular flexibility index (Phi) is 7.10. The number of thioether (sulfide) groups is 1. The number of hydrogen-bond acceptors (Lipinski definition) is 4. The Bertz CT molecular complexity index is 356. The van der Waals surface area contributed by atoms with Crippen LogP contribution >= 0.6 is 11.8 Å². The minimum atomic E-state index is -3.31. The Balaban J connectivity index is 2.23. The third-order valence-corrected chi connectivity index (χ3v) is 6.41. The molecule has 0 radical (unpaired) electrons. The first-order valence-electron chi connectivity index (χ1n) is 6.92. The quantitative estimate of drug-likeness (QED) is 0.560. The highest BCUT2D eigenvalue weighted by Gasteiger charge is 2.42. The van der Waals surface area contributed by atoms with Crippen LogP contribution in [-0.4, -0.2) is 57.0 Å². The van der Waals surface area contributed by atoms with Crippen LogP contribution in [0.25, 0.3) is 0 Å². The largest absolute Gasteiger partial charge is 0.317 e. The standard InChI is InChI=1S/C12H27N3O2S2/c1-4-8-13-9-5-10-15(2)19(16,17)14-11-12(18-3)6-7-12/h13-14H,4-11H2,1-3H3. The van der Waals surface area contributed by atoms with E-state index in [2.05, 4.69) is 17.0 Å². The first kappa shape index (κ1) is 17.2. The van der Waals surface area contributed by atoms with Crippen molar-refractivity contribution >= 4 is 22.0 Å². The van der Waals surface area contributed by atoms with E-state index in [0.29, 0.717) is 13.1 Å². The molecule has 0 aromatic rings. The Morgan fingerprint density at radius 3 is 2.53 bits per heavy atom. The van der Waals surface area contributed by atoms with Crippen molar-refractivity contribution in [1.29, 1.82) is 0 Å². The molecular weight excluding hydrogens is 282 g/mol. The van der Waals surface area contributed by atoms with Gasteiger partial charge in [-0.15, -0.1) is 0 Å². The lowest BCUT2D eigenvalue weighted by Gasteiger charge is -2.20. The molecule has 0 amide bonds.